The van der Waals surface area contributed by atoms with E-state index in [0.29, 0.717) is 24.9 Å². The Balaban J connectivity index is 2.30. The number of aromatic amines is 1. The smallest absolute Gasteiger partial charge is 0.326 e. The van der Waals surface area contributed by atoms with Crippen molar-refractivity contribution in [2.75, 3.05) is 6.54 Å². The number of H-pyrrole nitrogens is 1. The first kappa shape index (κ1) is 31.7. The van der Waals surface area contributed by atoms with Gasteiger partial charge in [-0.25, -0.2) is 4.79 Å². The number of carboxylic acids is 2. The number of hydrogen-bond donors (Lipinski definition) is 9. The van der Waals surface area contributed by atoms with Crippen LogP contribution in [0.4, 0.5) is 0 Å². The minimum atomic E-state index is -1.67. The van der Waals surface area contributed by atoms with Gasteiger partial charge in [0, 0.05) is 23.5 Å². The van der Waals surface area contributed by atoms with E-state index >= 15 is 0 Å². The third-order valence-electron chi connectivity index (χ3n) is 6.07. The molecule has 0 aliphatic heterocycles. The number of hydrogen-bond acceptors (Lipinski definition) is 8. The number of carboxylic acid groups (broad SMARTS) is 2. The number of fused-ring (bicyclic) bond motifs is 1. The predicted molar refractivity (Wildman–Crippen MR) is 142 cm³/mol. The summed E-state index contributed by atoms with van der Waals surface area (Å²) in [5.41, 5.74) is 17.7. The molecule has 15 nitrogen and oxygen atoms in total. The number of benzene rings is 1. The number of unbranched alkanes of at least 4 members (excludes halogenated alkanes) is 1. The Hall–Kier alpha value is -4.50. The van der Waals surface area contributed by atoms with Crippen molar-refractivity contribution >= 4 is 46.5 Å². The summed E-state index contributed by atoms with van der Waals surface area (Å²) in [4.78, 5) is 76.2. The summed E-state index contributed by atoms with van der Waals surface area (Å²) < 4.78 is 0. The molecule has 4 unspecified atom stereocenters. The molecule has 1 aromatic heterocycles. The average Bonchev–Trinajstić information content (AvgIpc) is 3.29. The Labute approximate surface area is 229 Å². The van der Waals surface area contributed by atoms with Crippen molar-refractivity contribution in [2.45, 2.75) is 62.7 Å². The Morgan fingerprint density at radius 2 is 1.48 bits per heavy atom. The monoisotopic (exact) mass is 561 g/mol. The molecule has 0 fully saturated rings. The lowest BCUT2D eigenvalue weighted by Gasteiger charge is -2.24. The molecule has 0 radical (unpaired) electrons. The molecule has 0 bridgehead atoms. The predicted octanol–water partition coefficient (Wildman–Crippen LogP) is -1.94. The van der Waals surface area contributed by atoms with Gasteiger partial charge in [0.15, 0.2) is 0 Å². The number of amides is 4. The molecular formula is C25H35N7O8. The fourth-order valence-electron chi connectivity index (χ4n) is 3.98. The van der Waals surface area contributed by atoms with Crippen molar-refractivity contribution in [3.8, 4) is 0 Å². The zero-order valence-corrected chi connectivity index (χ0v) is 21.7. The van der Waals surface area contributed by atoms with Gasteiger partial charge in [-0.3, -0.25) is 24.0 Å². The van der Waals surface area contributed by atoms with Gasteiger partial charge < -0.3 is 48.3 Å². The van der Waals surface area contributed by atoms with Crippen molar-refractivity contribution in [1.29, 1.82) is 0 Å². The van der Waals surface area contributed by atoms with E-state index in [0.717, 1.165) is 10.9 Å². The molecule has 0 aliphatic carbocycles. The largest absolute Gasteiger partial charge is 0.481 e. The second-order valence-corrected chi connectivity index (χ2v) is 9.24. The van der Waals surface area contributed by atoms with Crippen LogP contribution in [0.2, 0.25) is 0 Å². The number of para-hydroxylation sites is 1. The number of nitrogens with two attached hydrogens (primary N) is 3. The molecule has 0 saturated heterocycles. The summed E-state index contributed by atoms with van der Waals surface area (Å²) in [6.07, 6.45) is 1.37. The van der Waals surface area contributed by atoms with Crippen LogP contribution < -0.4 is 33.2 Å². The van der Waals surface area contributed by atoms with E-state index in [2.05, 4.69) is 20.9 Å². The van der Waals surface area contributed by atoms with Crippen molar-refractivity contribution in [1.82, 2.24) is 20.9 Å². The molecule has 1 heterocycles. The summed E-state index contributed by atoms with van der Waals surface area (Å²) in [7, 11) is 0. The average molecular weight is 562 g/mol. The number of carbonyl (C=O) groups is 6. The maximum atomic E-state index is 13.2. The summed E-state index contributed by atoms with van der Waals surface area (Å²) in [5.74, 6) is -6.63. The molecule has 0 spiro atoms. The quantitative estimate of drug-likeness (QED) is 0.0963. The zero-order chi connectivity index (χ0) is 29.8. The highest BCUT2D eigenvalue weighted by atomic mass is 16.4. The first-order valence-corrected chi connectivity index (χ1v) is 12.6. The fraction of sp³-hybridized carbons (Fsp3) is 0.440. The van der Waals surface area contributed by atoms with E-state index in [9.17, 15) is 39.0 Å². The fourth-order valence-corrected chi connectivity index (χ4v) is 3.98. The molecule has 2 aromatic rings. The van der Waals surface area contributed by atoms with Gasteiger partial charge in [-0.05, 0) is 31.0 Å². The second kappa shape index (κ2) is 15.2. The molecule has 40 heavy (non-hydrogen) atoms. The van der Waals surface area contributed by atoms with Gasteiger partial charge in [-0.2, -0.15) is 0 Å². The third kappa shape index (κ3) is 9.67. The van der Waals surface area contributed by atoms with Gasteiger partial charge >= 0.3 is 11.9 Å². The van der Waals surface area contributed by atoms with Crippen LogP contribution in [-0.2, 0) is 35.2 Å². The molecule has 12 N–H and O–H groups in total. The maximum Gasteiger partial charge on any atom is 0.326 e. The van der Waals surface area contributed by atoms with Gasteiger partial charge in [-0.15, -0.1) is 0 Å². The van der Waals surface area contributed by atoms with E-state index in [4.69, 9.17) is 17.2 Å². The van der Waals surface area contributed by atoms with Crippen LogP contribution in [0.3, 0.4) is 0 Å². The molecule has 0 saturated carbocycles. The molecule has 15 heteroatoms. The van der Waals surface area contributed by atoms with Gasteiger partial charge in [0.25, 0.3) is 0 Å². The first-order chi connectivity index (χ1) is 18.9. The number of primary amides is 1. The number of aromatic nitrogens is 1. The number of rotatable bonds is 17. The molecular weight excluding hydrogens is 526 g/mol. The molecule has 4 amide bonds. The van der Waals surface area contributed by atoms with Gasteiger partial charge in [0.05, 0.1) is 18.9 Å². The van der Waals surface area contributed by atoms with Gasteiger partial charge in [0.2, 0.25) is 23.6 Å². The first-order valence-electron chi connectivity index (χ1n) is 12.6. The third-order valence-corrected chi connectivity index (χ3v) is 6.07. The number of carbonyl (C=O) groups excluding carboxylic acids is 4. The van der Waals surface area contributed by atoms with Crippen molar-refractivity contribution < 1.29 is 39.0 Å². The van der Waals surface area contributed by atoms with Crippen molar-refractivity contribution in [3.05, 3.63) is 36.0 Å². The highest BCUT2D eigenvalue weighted by Gasteiger charge is 2.32. The second-order valence-electron chi connectivity index (χ2n) is 9.24. The van der Waals surface area contributed by atoms with E-state index in [1.807, 2.05) is 0 Å². The van der Waals surface area contributed by atoms with E-state index in [1.54, 1.807) is 30.5 Å². The van der Waals surface area contributed by atoms with Crippen molar-refractivity contribution in [3.63, 3.8) is 0 Å². The minimum Gasteiger partial charge on any atom is -0.481 e. The minimum absolute atomic E-state index is 0.142. The highest BCUT2D eigenvalue weighted by Crippen LogP contribution is 2.19. The molecule has 2 rings (SSSR count). The summed E-state index contributed by atoms with van der Waals surface area (Å²) in [5, 5.41) is 26.4. The van der Waals surface area contributed by atoms with E-state index in [1.165, 1.54) is 0 Å². The van der Waals surface area contributed by atoms with E-state index in [-0.39, 0.29) is 12.8 Å². The topological polar surface area (TPSA) is 273 Å². The lowest BCUT2D eigenvalue weighted by molar-refractivity contribution is -0.144. The summed E-state index contributed by atoms with van der Waals surface area (Å²) in [6, 6.07) is 1.39. The Morgan fingerprint density at radius 1 is 0.850 bits per heavy atom. The SMILES string of the molecule is NCCCCC(N)C(=O)NC(CC(=O)O)C(=O)NC(Cc1c[nH]c2ccccc12)C(=O)NC(CC(N)=O)C(=O)O. The molecule has 4 atom stereocenters. The highest BCUT2D eigenvalue weighted by molar-refractivity contribution is 5.96. The Kier molecular flexibility index (Phi) is 12.0. The Bertz CT molecular complexity index is 1230. The number of aliphatic carboxylic acids is 2. The van der Waals surface area contributed by atoms with Crippen LogP contribution in [-0.4, -0.2) is 81.5 Å². The molecule has 0 aliphatic rings. The van der Waals surface area contributed by atoms with Crippen LogP contribution in [0, 0.1) is 0 Å². The van der Waals surface area contributed by atoms with E-state index < -0.39 is 72.6 Å². The summed E-state index contributed by atoms with van der Waals surface area (Å²) in [6.45, 7) is 0.403. The molecule has 218 valence electrons. The van der Waals surface area contributed by atoms with Gasteiger partial charge in [-0.1, -0.05) is 24.6 Å². The van der Waals surface area contributed by atoms with Crippen LogP contribution in [0.5, 0.6) is 0 Å². The van der Waals surface area contributed by atoms with Crippen LogP contribution in [0.15, 0.2) is 30.5 Å². The molecule has 1 aromatic carbocycles. The standard InChI is InChI=1S/C25H35N7O8/c26-8-4-3-6-15(27)22(36)30-18(11-21(34)35)24(38)31-17(23(37)32-19(25(39)40)10-20(28)33)9-13-12-29-16-7-2-1-5-14(13)16/h1-2,5,7,12,15,17-19,29H,3-4,6,8-11,26-27H2,(H2,28,33)(H,30,36)(H,31,38)(H,32,37)(H,34,35)(H,39,40). The van der Waals surface area contributed by atoms with Crippen LogP contribution >= 0.6 is 0 Å². The number of nitrogens with one attached hydrogen (secondary N) is 4. The van der Waals surface area contributed by atoms with Crippen LogP contribution in [0.25, 0.3) is 10.9 Å². The Morgan fingerprint density at radius 3 is 2.10 bits per heavy atom. The zero-order valence-electron chi connectivity index (χ0n) is 21.7. The maximum absolute atomic E-state index is 13.2. The lowest BCUT2D eigenvalue weighted by atomic mass is 10.0. The lowest BCUT2D eigenvalue weighted by Crippen LogP contribution is -2.58. The summed E-state index contributed by atoms with van der Waals surface area (Å²) >= 11 is 0. The van der Waals surface area contributed by atoms with Gasteiger partial charge in [0.1, 0.15) is 18.1 Å². The normalized spacial score (nSPS) is 13.9. The van der Waals surface area contributed by atoms with Crippen LogP contribution in [0.1, 0.15) is 37.7 Å². The van der Waals surface area contributed by atoms with Crippen molar-refractivity contribution in [2.24, 2.45) is 17.2 Å².